The highest BCUT2D eigenvalue weighted by Gasteiger charge is 2.29. The van der Waals surface area contributed by atoms with Crippen molar-refractivity contribution in [2.24, 2.45) is 5.92 Å². The number of hydrogen-bond acceptors (Lipinski definition) is 1. The first kappa shape index (κ1) is 11.1. The first-order valence-electron chi connectivity index (χ1n) is 7.19. The molecule has 2 aliphatic rings. The number of nitrogens with one attached hydrogen (secondary N) is 1. The maximum absolute atomic E-state index is 3.60. The van der Waals surface area contributed by atoms with Gasteiger partial charge < -0.3 is 5.32 Å². The van der Waals surface area contributed by atoms with Crippen molar-refractivity contribution in [2.45, 2.75) is 51.4 Å². The minimum atomic E-state index is 0.781. The van der Waals surface area contributed by atoms with E-state index in [1.807, 2.05) is 0 Å². The second-order valence-corrected chi connectivity index (χ2v) is 5.83. The van der Waals surface area contributed by atoms with Crippen LogP contribution >= 0.6 is 0 Å². The molecule has 0 radical (unpaired) electrons. The van der Waals surface area contributed by atoms with E-state index in [4.69, 9.17) is 0 Å². The average Bonchev–Trinajstić information content (AvgIpc) is 2.58. The Hall–Kier alpha value is -0.980. The Balaban J connectivity index is 1.84. The molecule has 0 amide bonds. The Bertz CT molecular complexity index is 389. The van der Waals surface area contributed by atoms with Crippen LogP contribution < -0.4 is 5.32 Å². The summed E-state index contributed by atoms with van der Waals surface area (Å²) in [5.74, 6) is 1.70. The van der Waals surface area contributed by atoms with Crippen molar-refractivity contribution in [1.29, 1.82) is 0 Å². The van der Waals surface area contributed by atoms with Gasteiger partial charge in [-0.15, -0.1) is 0 Å². The second-order valence-electron chi connectivity index (χ2n) is 5.83. The van der Waals surface area contributed by atoms with E-state index < -0.39 is 0 Å². The third-order valence-corrected chi connectivity index (χ3v) is 4.59. The lowest BCUT2D eigenvalue weighted by atomic mass is 9.82. The molecule has 1 N–H and O–H groups in total. The van der Waals surface area contributed by atoms with Crippen molar-refractivity contribution in [1.82, 2.24) is 0 Å². The summed E-state index contributed by atoms with van der Waals surface area (Å²) in [5.41, 5.74) is 4.40. The highest BCUT2D eigenvalue weighted by atomic mass is 14.9. The maximum Gasteiger partial charge on any atom is 0.0376 e. The van der Waals surface area contributed by atoms with Gasteiger partial charge in [0.05, 0.1) is 0 Å². The fraction of sp³-hybridized carbons (Fsp3) is 0.625. The average molecular weight is 229 g/mol. The molecule has 1 heteroatoms. The van der Waals surface area contributed by atoms with Gasteiger partial charge in [-0.05, 0) is 37.3 Å². The lowest BCUT2D eigenvalue weighted by molar-refractivity contribution is 0.394. The molecule has 1 aliphatic heterocycles. The lowest BCUT2D eigenvalue weighted by Crippen LogP contribution is -2.14. The molecule has 1 aromatic rings. The van der Waals surface area contributed by atoms with Crippen LogP contribution in [0.2, 0.25) is 0 Å². The second kappa shape index (κ2) is 4.72. The molecule has 1 nitrogen and oxygen atoms in total. The van der Waals surface area contributed by atoms with E-state index >= 15 is 0 Å². The summed E-state index contributed by atoms with van der Waals surface area (Å²) >= 11 is 0. The molecule has 1 atom stereocenters. The molecule has 1 saturated carbocycles. The molecule has 0 spiro atoms. The van der Waals surface area contributed by atoms with Gasteiger partial charge in [0, 0.05) is 18.2 Å². The van der Waals surface area contributed by atoms with Crippen LogP contribution in [0.3, 0.4) is 0 Å². The SMILES string of the molecule is Cc1ccc2c(c1)C(C1CCCCCC1)CN2. The maximum atomic E-state index is 3.60. The van der Waals surface area contributed by atoms with E-state index in [0.29, 0.717) is 0 Å². The zero-order chi connectivity index (χ0) is 11.7. The summed E-state index contributed by atoms with van der Waals surface area (Å²) in [6, 6.07) is 6.90. The molecular weight excluding hydrogens is 206 g/mol. The predicted molar refractivity (Wildman–Crippen MR) is 73.6 cm³/mol. The quantitative estimate of drug-likeness (QED) is 0.700. The molecule has 1 heterocycles. The normalized spacial score (nSPS) is 25.1. The molecule has 1 aromatic carbocycles. The van der Waals surface area contributed by atoms with Crippen molar-refractivity contribution in [3.63, 3.8) is 0 Å². The van der Waals surface area contributed by atoms with Gasteiger partial charge in [-0.2, -0.15) is 0 Å². The van der Waals surface area contributed by atoms with Crippen LogP contribution in [0.15, 0.2) is 18.2 Å². The minimum absolute atomic E-state index is 0.781. The number of anilines is 1. The van der Waals surface area contributed by atoms with Gasteiger partial charge in [-0.3, -0.25) is 0 Å². The number of hydrogen-bond donors (Lipinski definition) is 1. The Kier molecular flexibility index (Phi) is 3.09. The zero-order valence-electron chi connectivity index (χ0n) is 10.8. The van der Waals surface area contributed by atoms with Crippen LogP contribution in [-0.4, -0.2) is 6.54 Å². The van der Waals surface area contributed by atoms with Gasteiger partial charge in [0.2, 0.25) is 0 Å². The fourth-order valence-electron chi connectivity index (χ4n) is 3.61. The number of aryl methyl sites for hydroxylation is 1. The minimum Gasteiger partial charge on any atom is -0.384 e. The van der Waals surface area contributed by atoms with Gasteiger partial charge in [0.15, 0.2) is 0 Å². The van der Waals surface area contributed by atoms with Crippen LogP contribution in [-0.2, 0) is 0 Å². The van der Waals surface area contributed by atoms with Gasteiger partial charge in [0.25, 0.3) is 0 Å². The van der Waals surface area contributed by atoms with Crippen LogP contribution in [0.4, 0.5) is 5.69 Å². The highest BCUT2D eigenvalue weighted by Crippen LogP contribution is 2.41. The number of rotatable bonds is 1. The molecule has 1 unspecified atom stereocenters. The van der Waals surface area contributed by atoms with Crippen molar-refractivity contribution in [3.05, 3.63) is 29.3 Å². The smallest absolute Gasteiger partial charge is 0.0376 e. The Morgan fingerprint density at radius 3 is 2.59 bits per heavy atom. The molecule has 1 fully saturated rings. The summed E-state index contributed by atoms with van der Waals surface area (Å²) in [6.07, 6.45) is 8.69. The summed E-state index contributed by atoms with van der Waals surface area (Å²) in [4.78, 5) is 0. The van der Waals surface area contributed by atoms with E-state index in [-0.39, 0.29) is 0 Å². The summed E-state index contributed by atoms with van der Waals surface area (Å²) in [6.45, 7) is 3.38. The molecule has 92 valence electrons. The number of benzene rings is 1. The first-order chi connectivity index (χ1) is 8.34. The third-order valence-electron chi connectivity index (χ3n) is 4.59. The van der Waals surface area contributed by atoms with Gasteiger partial charge in [0.1, 0.15) is 0 Å². The third kappa shape index (κ3) is 2.20. The Labute approximate surface area is 105 Å². The monoisotopic (exact) mass is 229 g/mol. The molecule has 3 rings (SSSR count). The molecular formula is C16H23N. The van der Waals surface area contributed by atoms with Crippen LogP contribution in [0.1, 0.15) is 55.6 Å². The van der Waals surface area contributed by atoms with E-state index in [1.165, 1.54) is 56.3 Å². The lowest BCUT2D eigenvalue weighted by Gasteiger charge is -2.22. The molecule has 1 aliphatic carbocycles. The van der Waals surface area contributed by atoms with Crippen molar-refractivity contribution < 1.29 is 0 Å². The molecule has 0 saturated heterocycles. The van der Waals surface area contributed by atoms with E-state index in [9.17, 15) is 0 Å². The molecule has 0 aromatic heterocycles. The van der Waals surface area contributed by atoms with Gasteiger partial charge >= 0.3 is 0 Å². The highest BCUT2D eigenvalue weighted by molar-refractivity contribution is 5.59. The fourth-order valence-corrected chi connectivity index (χ4v) is 3.61. The van der Waals surface area contributed by atoms with E-state index in [0.717, 1.165) is 11.8 Å². The topological polar surface area (TPSA) is 12.0 Å². The van der Waals surface area contributed by atoms with Crippen LogP contribution in [0, 0.1) is 12.8 Å². The van der Waals surface area contributed by atoms with E-state index in [2.05, 4.69) is 30.4 Å². The molecule has 17 heavy (non-hydrogen) atoms. The number of fused-ring (bicyclic) bond motifs is 1. The van der Waals surface area contributed by atoms with Crippen LogP contribution in [0.25, 0.3) is 0 Å². The van der Waals surface area contributed by atoms with Gasteiger partial charge in [-0.25, -0.2) is 0 Å². The van der Waals surface area contributed by atoms with Crippen LogP contribution in [0.5, 0.6) is 0 Å². The first-order valence-corrected chi connectivity index (χ1v) is 7.19. The van der Waals surface area contributed by atoms with Crippen molar-refractivity contribution in [2.75, 3.05) is 11.9 Å². The van der Waals surface area contributed by atoms with E-state index in [1.54, 1.807) is 5.56 Å². The van der Waals surface area contributed by atoms with Gasteiger partial charge in [-0.1, -0.05) is 43.4 Å². The summed E-state index contributed by atoms with van der Waals surface area (Å²) in [7, 11) is 0. The Morgan fingerprint density at radius 1 is 1.06 bits per heavy atom. The Morgan fingerprint density at radius 2 is 1.82 bits per heavy atom. The summed E-state index contributed by atoms with van der Waals surface area (Å²) < 4.78 is 0. The van der Waals surface area contributed by atoms with Crippen molar-refractivity contribution in [3.8, 4) is 0 Å². The predicted octanol–water partition coefficient (Wildman–Crippen LogP) is 4.47. The largest absolute Gasteiger partial charge is 0.384 e. The van der Waals surface area contributed by atoms with Crippen molar-refractivity contribution >= 4 is 5.69 Å². The summed E-state index contributed by atoms with van der Waals surface area (Å²) in [5, 5.41) is 3.60. The molecule has 0 bridgehead atoms. The zero-order valence-corrected chi connectivity index (χ0v) is 10.8. The standard InChI is InChI=1S/C16H23N/c1-12-8-9-16-14(10-12)15(11-17-16)13-6-4-2-3-5-7-13/h8-10,13,15,17H,2-7,11H2,1H3.